The van der Waals surface area contributed by atoms with E-state index in [1.807, 2.05) is 0 Å². The van der Waals surface area contributed by atoms with Gasteiger partial charge in [0.1, 0.15) is 0 Å². The third kappa shape index (κ3) is 4.44. The lowest BCUT2D eigenvalue weighted by atomic mass is 9.89. The minimum Gasteiger partial charge on any atom is -0.463 e. The van der Waals surface area contributed by atoms with E-state index in [9.17, 15) is 19.5 Å². The van der Waals surface area contributed by atoms with Gasteiger partial charge >= 0.3 is 6.09 Å². The van der Waals surface area contributed by atoms with Crippen LogP contribution in [0, 0.1) is 11.8 Å². The Labute approximate surface area is 134 Å². The SMILES string of the molecule is O=C(CC(CC1CCCC1)C(=O)N1CCC=CN1C(=O)O)NO. The first kappa shape index (κ1) is 17.3. The summed E-state index contributed by atoms with van der Waals surface area (Å²) in [6, 6.07) is 0. The van der Waals surface area contributed by atoms with Crippen LogP contribution in [-0.2, 0) is 9.59 Å². The molecule has 1 unspecified atom stereocenters. The van der Waals surface area contributed by atoms with Gasteiger partial charge < -0.3 is 5.11 Å². The van der Waals surface area contributed by atoms with Crippen molar-refractivity contribution in [3.05, 3.63) is 12.3 Å². The molecule has 2 aliphatic rings. The van der Waals surface area contributed by atoms with E-state index in [4.69, 9.17) is 5.21 Å². The summed E-state index contributed by atoms with van der Waals surface area (Å²) >= 11 is 0. The van der Waals surface area contributed by atoms with Crippen LogP contribution in [0.3, 0.4) is 0 Å². The average molecular weight is 325 g/mol. The van der Waals surface area contributed by atoms with Crippen molar-refractivity contribution in [3.8, 4) is 0 Å². The lowest BCUT2D eigenvalue weighted by Crippen LogP contribution is -2.51. The molecule has 0 saturated heterocycles. The molecular formula is C15H23N3O5. The van der Waals surface area contributed by atoms with Gasteiger partial charge in [0.05, 0.1) is 0 Å². The van der Waals surface area contributed by atoms with Crippen molar-refractivity contribution in [1.82, 2.24) is 15.5 Å². The van der Waals surface area contributed by atoms with Gasteiger partial charge in [-0.15, -0.1) is 0 Å². The van der Waals surface area contributed by atoms with Crippen LogP contribution in [0.15, 0.2) is 12.3 Å². The number of hydrogen-bond donors (Lipinski definition) is 3. The van der Waals surface area contributed by atoms with E-state index in [0.717, 1.165) is 30.7 Å². The molecule has 0 aromatic rings. The summed E-state index contributed by atoms with van der Waals surface area (Å²) < 4.78 is 0. The van der Waals surface area contributed by atoms with Crippen molar-refractivity contribution in [2.75, 3.05) is 6.54 Å². The molecule has 2 rings (SSSR count). The molecule has 1 atom stereocenters. The second-order valence-electron chi connectivity index (χ2n) is 6.08. The molecule has 0 bridgehead atoms. The highest BCUT2D eigenvalue weighted by molar-refractivity contribution is 5.86. The van der Waals surface area contributed by atoms with E-state index in [2.05, 4.69) is 0 Å². The second kappa shape index (κ2) is 7.96. The van der Waals surface area contributed by atoms with E-state index in [0.29, 0.717) is 18.8 Å². The largest absolute Gasteiger partial charge is 0.463 e. The normalized spacial score (nSPS) is 19.7. The Bertz CT molecular complexity index is 488. The number of hydrogen-bond acceptors (Lipinski definition) is 4. The molecule has 23 heavy (non-hydrogen) atoms. The zero-order valence-corrected chi connectivity index (χ0v) is 13.0. The summed E-state index contributed by atoms with van der Waals surface area (Å²) in [4.78, 5) is 35.6. The van der Waals surface area contributed by atoms with Crippen LogP contribution in [-0.4, -0.2) is 44.8 Å². The molecule has 1 fully saturated rings. The third-order valence-corrected chi connectivity index (χ3v) is 4.46. The maximum absolute atomic E-state index is 12.8. The fourth-order valence-corrected chi connectivity index (χ4v) is 3.34. The number of carbonyl (C=O) groups excluding carboxylic acids is 2. The second-order valence-corrected chi connectivity index (χ2v) is 6.08. The summed E-state index contributed by atoms with van der Waals surface area (Å²) in [6.07, 6.45) is 7.04. The minimum atomic E-state index is -1.24. The Morgan fingerprint density at radius 1 is 1.26 bits per heavy atom. The van der Waals surface area contributed by atoms with Crippen molar-refractivity contribution >= 4 is 17.9 Å². The summed E-state index contributed by atoms with van der Waals surface area (Å²) in [6.45, 7) is 0.267. The third-order valence-electron chi connectivity index (χ3n) is 4.46. The first-order chi connectivity index (χ1) is 11.0. The molecule has 1 aliphatic heterocycles. The lowest BCUT2D eigenvalue weighted by Gasteiger charge is -2.35. The number of carbonyl (C=O) groups is 3. The molecule has 0 aromatic carbocycles. The summed E-state index contributed by atoms with van der Waals surface area (Å²) in [7, 11) is 0. The maximum atomic E-state index is 12.8. The Kier molecular flexibility index (Phi) is 5.97. The Hall–Kier alpha value is -2.09. The minimum absolute atomic E-state index is 0.139. The van der Waals surface area contributed by atoms with Gasteiger partial charge in [0.2, 0.25) is 11.8 Å². The molecule has 0 aromatic heterocycles. The van der Waals surface area contributed by atoms with Crippen LogP contribution in [0.5, 0.6) is 0 Å². The summed E-state index contributed by atoms with van der Waals surface area (Å²) in [5.74, 6) is -1.27. The standard InChI is InChI=1S/C15H23N3O5/c19-13(16-23)10-12(9-11-5-1-2-6-11)14(20)17-7-3-4-8-18(17)15(21)22/h4,8,11-12,23H,1-3,5-7,9-10H2,(H,16,19)(H,21,22). The van der Waals surface area contributed by atoms with Crippen molar-refractivity contribution in [2.45, 2.75) is 44.9 Å². The highest BCUT2D eigenvalue weighted by Crippen LogP contribution is 2.32. The lowest BCUT2D eigenvalue weighted by molar-refractivity contribution is -0.150. The Morgan fingerprint density at radius 3 is 2.57 bits per heavy atom. The quantitative estimate of drug-likeness (QED) is 0.526. The number of carboxylic acid groups (broad SMARTS) is 1. The van der Waals surface area contributed by atoms with E-state index in [1.54, 1.807) is 11.6 Å². The monoisotopic (exact) mass is 325 g/mol. The van der Waals surface area contributed by atoms with Gasteiger partial charge in [-0.05, 0) is 18.8 Å². The fourth-order valence-electron chi connectivity index (χ4n) is 3.34. The number of rotatable bonds is 5. The topological polar surface area (TPSA) is 110 Å². The van der Waals surface area contributed by atoms with Gasteiger partial charge in [0, 0.05) is 25.1 Å². The van der Waals surface area contributed by atoms with Gasteiger partial charge in [-0.3, -0.25) is 14.8 Å². The first-order valence-corrected chi connectivity index (χ1v) is 7.96. The molecule has 8 nitrogen and oxygen atoms in total. The van der Waals surface area contributed by atoms with E-state index in [1.165, 1.54) is 11.2 Å². The smallest absolute Gasteiger partial charge is 0.430 e. The molecule has 1 heterocycles. The van der Waals surface area contributed by atoms with Crippen LogP contribution in [0.25, 0.3) is 0 Å². The number of amides is 3. The molecule has 3 amide bonds. The molecular weight excluding hydrogens is 302 g/mol. The van der Waals surface area contributed by atoms with Crippen LogP contribution in [0.2, 0.25) is 0 Å². The highest BCUT2D eigenvalue weighted by Gasteiger charge is 2.34. The zero-order valence-electron chi connectivity index (χ0n) is 13.0. The predicted octanol–water partition coefficient (Wildman–Crippen LogP) is 1.72. The predicted molar refractivity (Wildman–Crippen MR) is 79.9 cm³/mol. The van der Waals surface area contributed by atoms with Crippen molar-refractivity contribution < 1.29 is 24.7 Å². The maximum Gasteiger partial charge on any atom is 0.430 e. The van der Waals surface area contributed by atoms with Gasteiger partial charge in [0.25, 0.3) is 0 Å². The van der Waals surface area contributed by atoms with Gasteiger partial charge in [-0.1, -0.05) is 31.8 Å². The van der Waals surface area contributed by atoms with Crippen molar-refractivity contribution in [1.29, 1.82) is 0 Å². The van der Waals surface area contributed by atoms with Crippen molar-refractivity contribution in [3.63, 3.8) is 0 Å². The summed E-state index contributed by atoms with van der Waals surface area (Å²) in [5.41, 5.74) is 1.56. The molecule has 1 aliphatic carbocycles. The average Bonchev–Trinajstić information content (AvgIpc) is 3.06. The van der Waals surface area contributed by atoms with Crippen LogP contribution < -0.4 is 5.48 Å². The van der Waals surface area contributed by atoms with E-state index in [-0.39, 0.29) is 18.9 Å². The number of nitrogens with one attached hydrogen (secondary N) is 1. The van der Waals surface area contributed by atoms with Gasteiger partial charge in [-0.2, -0.15) is 5.01 Å². The fraction of sp³-hybridized carbons (Fsp3) is 0.667. The Morgan fingerprint density at radius 2 is 1.96 bits per heavy atom. The molecule has 1 saturated carbocycles. The molecule has 3 N–H and O–H groups in total. The molecule has 8 heteroatoms. The van der Waals surface area contributed by atoms with Crippen LogP contribution in [0.4, 0.5) is 4.79 Å². The van der Waals surface area contributed by atoms with Gasteiger partial charge in [0.15, 0.2) is 0 Å². The number of hydroxylamine groups is 1. The molecule has 128 valence electrons. The van der Waals surface area contributed by atoms with Crippen LogP contribution in [0.1, 0.15) is 44.9 Å². The van der Waals surface area contributed by atoms with Crippen LogP contribution >= 0.6 is 0 Å². The summed E-state index contributed by atoms with van der Waals surface area (Å²) in [5, 5.41) is 20.0. The number of nitrogens with zero attached hydrogens (tertiary/aromatic N) is 2. The first-order valence-electron chi connectivity index (χ1n) is 7.96. The highest BCUT2D eigenvalue weighted by atomic mass is 16.5. The van der Waals surface area contributed by atoms with Crippen molar-refractivity contribution in [2.24, 2.45) is 11.8 Å². The van der Waals surface area contributed by atoms with E-state index < -0.39 is 17.9 Å². The molecule has 0 spiro atoms. The van der Waals surface area contributed by atoms with Gasteiger partial charge in [-0.25, -0.2) is 15.3 Å². The zero-order chi connectivity index (χ0) is 16.8. The van der Waals surface area contributed by atoms with E-state index >= 15 is 0 Å². The molecule has 0 radical (unpaired) electrons. The number of hydrazine groups is 1. The Balaban J connectivity index is 2.11.